The van der Waals surface area contributed by atoms with Crippen LogP contribution in [-0.4, -0.2) is 36.7 Å². The monoisotopic (exact) mass is 436 g/mol. The van der Waals surface area contributed by atoms with Crippen molar-refractivity contribution in [3.8, 4) is 0 Å². The lowest BCUT2D eigenvalue weighted by molar-refractivity contribution is 0.391. The first kappa shape index (κ1) is 19.3. The number of rotatable bonds is 5. The van der Waals surface area contributed by atoms with Gasteiger partial charge in [0.05, 0.1) is 6.54 Å². The van der Waals surface area contributed by atoms with Gasteiger partial charge in [-0.3, -0.25) is 4.99 Å². The lowest BCUT2D eigenvalue weighted by atomic mass is 10.1. The van der Waals surface area contributed by atoms with Crippen molar-refractivity contribution < 1.29 is 13.3 Å². The first-order valence-electron chi connectivity index (χ1n) is 6.85. The second-order valence-corrected chi connectivity index (χ2v) is 4.81. The van der Waals surface area contributed by atoms with Crippen molar-refractivity contribution in [1.82, 2.24) is 15.4 Å². The number of aromatic nitrogens is 1. The van der Waals surface area contributed by atoms with E-state index in [0.717, 1.165) is 17.8 Å². The molecule has 1 aromatic heterocycles. The predicted octanol–water partition coefficient (Wildman–Crippen LogP) is 2.82. The van der Waals surface area contributed by atoms with Crippen molar-refractivity contribution in [3.05, 3.63) is 53.4 Å². The Morgan fingerprint density at radius 1 is 1.35 bits per heavy atom. The van der Waals surface area contributed by atoms with E-state index in [1.165, 1.54) is 12.3 Å². The van der Waals surface area contributed by atoms with Crippen LogP contribution in [0.25, 0.3) is 0 Å². The van der Waals surface area contributed by atoms with E-state index >= 15 is 0 Å². The van der Waals surface area contributed by atoms with Crippen LogP contribution >= 0.6 is 24.0 Å². The topological polar surface area (TPSA) is 53.7 Å². The summed E-state index contributed by atoms with van der Waals surface area (Å²) in [7, 11) is 3.51. The molecule has 23 heavy (non-hydrogen) atoms. The molecule has 0 aliphatic rings. The molecule has 0 unspecified atom stereocenters. The maximum atomic E-state index is 13.5. The van der Waals surface area contributed by atoms with Gasteiger partial charge in [-0.2, -0.15) is 0 Å². The van der Waals surface area contributed by atoms with Gasteiger partial charge in [-0.15, -0.1) is 24.0 Å². The summed E-state index contributed by atoms with van der Waals surface area (Å²) in [6.45, 7) is 0.973. The third-order valence-electron chi connectivity index (χ3n) is 3.15. The zero-order valence-electron chi connectivity index (χ0n) is 12.9. The minimum absolute atomic E-state index is 0. The Labute approximate surface area is 150 Å². The molecular weight excluding hydrogens is 417 g/mol. The molecule has 0 fully saturated rings. The van der Waals surface area contributed by atoms with Gasteiger partial charge in [0.25, 0.3) is 0 Å². The van der Waals surface area contributed by atoms with E-state index in [1.807, 2.05) is 11.9 Å². The van der Waals surface area contributed by atoms with Crippen LogP contribution in [0.3, 0.4) is 0 Å². The molecule has 0 amide bonds. The molecule has 2 aromatic rings. The molecule has 0 spiro atoms. The number of nitrogens with zero attached hydrogens (tertiary/aromatic N) is 3. The van der Waals surface area contributed by atoms with Crippen LogP contribution < -0.4 is 5.32 Å². The van der Waals surface area contributed by atoms with E-state index in [4.69, 9.17) is 4.52 Å². The van der Waals surface area contributed by atoms with Crippen LogP contribution in [-0.2, 0) is 13.0 Å². The van der Waals surface area contributed by atoms with E-state index in [-0.39, 0.29) is 24.0 Å². The van der Waals surface area contributed by atoms with Crippen molar-refractivity contribution in [2.75, 3.05) is 20.6 Å². The second kappa shape index (κ2) is 9.43. The molecule has 0 atom stereocenters. The van der Waals surface area contributed by atoms with Gasteiger partial charge in [0, 0.05) is 26.7 Å². The summed E-state index contributed by atoms with van der Waals surface area (Å²) in [6.07, 6.45) is 1.87. The Balaban J connectivity index is 0.00000264. The van der Waals surface area contributed by atoms with Crippen LogP contribution in [0.5, 0.6) is 0 Å². The zero-order valence-corrected chi connectivity index (χ0v) is 15.3. The highest BCUT2D eigenvalue weighted by molar-refractivity contribution is 14.0. The zero-order chi connectivity index (χ0) is 15.9. The number of guanidine groups is 1. The number of hydrogen-bond donors (Lipinski definition) is 1. The standard InChI is InChI=1S/C15H18F2N4O.HI/c1-18-15(21(2)10-13-6-8-22-20-13)19-7-5-11-9-12(16)3-4-14(11)17;/h3-4,6,8-9H,5,7,10H2,1-2H3,(H,18,19);1H. The van der Waals surface area contributed by atoms with Gasteiger partial charge in [-0.25, -0.2) is 8.78 Å². The summed E-state index contributed by atoms with van der Waals surface area (Å²) in [5.41, 5.74) is 1.11. The molecule has 2 rings (SSSR count). The highest BCUT2D eigenvalue weighted by Gasteiger charge is 2.09. The second-order valence-electron chi connectivity index (χ2n) is 4.81. The largest absolute Gasteiger partial charge is 0.364 e. The van der Waals surface area contributed by atoms with Crippen molar-refractivity contribution in [3.63, 3.8) is 0 Å². The lowest BCUT2D eigenvalue weighted by Gasteiger charge is -2.21. The van der Waals surface area contributed by atoms with Crippen molar-refractivity contribution in [1.29, 1.82) is 0 Å². The SMILES string of the molecule is CN=C(NCCc1cc(F)ccc1F)N(C)Cc1ccon1.I. The van der Waals surface area contributed by atoms with Crippen LogP contribution in [0.2, 0.25) is 0 Å². The van der Waals surface area contributed by atoms with E-state index in [1.54, 1.807) is 13.1 Å². The average Bonchev–Trinajstić information content (AvgIpc) is 2.99. The molecule has 1 aromatic carbocycles. The molecule has 0 bridgehead atoms. The van der Waals surface area contributed by atoms with Crippen molar-refractivity contribution in [2.45, 2.75) is 13.0 Å². The molecule has 1 N–H and O–H groups in total. The summed E-state index contributed by atoms with van der Waals surface area (Å²) in [5, 5.41) is 6.94. The van der Waals surface area contributed by atoms with E-state index < -0.39 is 11.6 Å². The molecular formula is C15H19F2IN4O. The van der Waals surface area contributed by atoms with Gasteiger partial charge in [0.1, 0.15) is 23.6 Å². The third-order valence-corrected chi connectivity index (χ3v) is 3.15. The molecule has 126 valence electrons. The summed E-state index contributed by atoms with van der Waals surface area (Å²) in [5.74, 6) is -0.210. The van der Waals surface area contributed by atoms with Crippen LogP contribution in [0.4, 0.5) is 8.78 Å². The normalized spacial score (nSPS) is 11.0. The summed E-state index contributed by atoms with van der Waals surface area (Å²) in [6, 6.07) is 5.22. The highest BCUT2D eigenvalue weighted by Crippen LogP contribution is 2.10. The maximum Gasteiger partial charge on any atom is 0.193 e. The molecule has 0 saturated carbocycles. The highest BCUT2D eigenvalue weighted by atomic mass is 127. The minimum Gasteiger partial charge on any atom is -0.364 e. The Kier molecular flexibility index (Phi) is 7.93. The molecule has 8 heteroatoms. The first-order valence-corrected chi connectivity index (χ1v) is 6.85. The molecule has 0 aliphatic heterocycles. The maximum absolute atomic E-state index is 13.5. The molecule has 0 radical (unpaired) electrons. The minimum atomic E-state index is -0.441. The van der Waals surface area contributed by atoms with Crippen molar-refractivity contribution >= 4 is 29.9 Å². The first-order chi connectivity index (χ1) is 10.6. The number of benzene rings is 1. The fourth-order valence-electron chi connectivity index (χ4n) is 2.07. The van der Waals surface area contributed by atoms with Gasteiger partial charge >= 0.3 is 0 Å². The van der Waals surface area contributed by atoms with Crippen LogP contribution in [0, 0.1) is 11.6 Å². The Morgan fingerprint density at radius 3 is 2.78 bits per heavy atom. The van der Waals surface area contributed by atoms with Gasteiger partial charge in [-0.05, 0) is 30.2 Å². The van der Waals surface area contributed by atoms with Crippen molar-refractivity contribution in [2.24, 2.45) is 4.99 Å². The number of nitrogens with one attached hydrogen (secondary N) is 1. The molecule has 1 heterocycles. The van der Waals surface area contributed by atoms with E-state index in [9.17, 15) is 8.78 Å². The number of aliphatic imine (C=N–C) groups is 1. The molecule has 5 nitrogen and oxygen atoms in total. The number of hydrogen-bond acceptors (Lipinski definition) is 3. The smallest absolute Gasteiger partial charge is 0.193 e. The van der Waals surface area contributed by atoms with Gasteiger partial charge in [0.15, 0.2) is 5.96 Å². The van der Waals surface area contributed by atoms with Crippen LogP contribution in [0.15, 0.2) is 40.0 Å². The lowest BCUT2D eigenvalue weighted by Crippen LogP contribution is -2.39. The quantitative estimate of drug-likeness (QED) is 0.445. The van der Waals surface area contributed by atoms with E-state index in [0.29, 0.717) is 31.0 Å². The van der Waals surface area contributed by atoms with Gasteiger partial charge < -0.3 is 14.7 Å². The molecule has 0 saturated heterocycles. The van der Waals surface area contributed by atoms with Gasteiger partial charge in [-0.1, -0.05) is 5.16 Å². The fraction of sp³-hybridized carbons (Fsp3) is 0.333. The summed E-state index contributed by atoms with van der Waals surface area (Å²) in [4.78, 5) is 6.01. The van der Waals surface area contributed by atoms with Gasteiger partial charge in [0.2, 0.25) is 0 Å². The summed E-state index contributed by atoms with van der Waals surface area (Å²) >= 11 is 0. The van der Waals surface area contributed by atoms with E-state index in [2.05, 4.69) is 15.5 Å². The molecule has 0 aliphatic carbocycles. The van der Waals surface area contributed by atoms with Crippen LogP contribution in [0.1, 0.15) is 11.3 Å². The summed E-state index contributed by atoms with van der Waals surface area (Å²) < 4.78 is 31.4. The number of halogens is 3. The Bertz CT molecular complexity index is 634. The average molecular weight is 436 g/mol. The fourth-order valence-corrected chi connectivity index (χ4v) is 2.07. The Hall–Kier alpha value is -1.71. The Morgan fingerprint density at radius 2 is 2.13 bits per heavy atom. The predicted molar refractivity (Wildman–Crippen MR) is 94.8 cm³/mol. The third kappa shape index (κ3) is 5.77.